The van der Waals surface area contributed by atoms with Crippen LogP contribution in [0.4, 0.5) is 25.8 Å². The molecule has 0 spiro atoms. The van der Waals surface area contributed by atoms with Gasteiger partial charge in [0.2, 0.25) is 5.91 Å². The lowest BCUT2D eigenvalue weighted by Gasteiger charge is -2.40. The molecule has 2 N–H and O–H groups in total. The number of benzene rings is 3. The van der Waals surface area contributed by atoms with Gasteiger partial charge in [0, 0.05) is 67.9 Å². The van der Waals surface area contributed by atoms with Crippen molar-refractivity contribution in [2.75, 3.05) is 42.9 Å². The predicted molar refractivity (Wildman–Crippen MR) is 156 cm³/mol. The highest BCUT2D eigenvalue weighted by molar-refractivity contribution is 6.02. The van der Waals surface area contributed by atoms with E-state index < -0.39 is 28.1 Å². The van der Waals surface area contributed by atoms with E-state index in [1.165, 1.54) is 41.6 Å². The second-order valence-corrected chi connectivity index (χ2v) is 10.2. The standard InChI is InChI=1S/C30H29F2N7O4/c31-23-6-11-26(27(32)17-23)30(41,19-38-21-33-20-34-38)18-36-13-15-37(16-14-36)25-9-7-24(8-10-25)35-29(40)12-5-22-3-1-2-4-28(22)39(42)43/h1-12,17,20-21,41H,13-16,18-19H2,(H,35,40)/b12-5+. The summed E-state index contributed by atoms with van der Waals surface area (Å²) in [6.45, 7) is 2.48. The van der Waals surface area contributed by atoms with Crippen molar-refractivity contribution in [1.29, 1.82) is 0 Å². The first-order chi connectivity index (χ1) is 20.7. The van der Waals surface area contributed by atoms with Crippen LogP contribution in [-0.4, -0.2) is 68.3 Å². The van der Waals surface area contributed by atoms with Crippen molar-refractivity contribution in [2.45, 2.75) is 12.1 Å². The van der Waals surface area contributed by atoms with E-state index in [1.54, 1.807) is 30.3 Å². The molecule has 43 heavy (non-hydrogen) atoms. The number of nitrogens with one attached hydrogen (secondary N) is 1. The number of anilines is 2. The van der Waals surface area contributed by atoms with Crippen LogP contribution < -0.4 is 10.2 Å². The molecule has 1 saturated heterocycles. The molecule has 11 nitrogen and oxygen atoms in total. The molecule has 4 aromatic rings. The molecule has 0 bridgehead atoms. The van der Waals surface area contributed by atoms with Gasteiger partial charge in [-0.3, -0.25) is 19.8 Å². The highest BCUT2D eigenvalue weighted by Crippen LogP contribution is 2.29. The van der Waals surface area contributed by atoms with Crippen LogP contribution in [0.5, 0.6) is 0 Å². The van der Waals surface area contributed by atoms with Crippen molar-refractivity contribution in [3.8, 4) is 0 Å². The lowest BCUT2D eigenvalue weighted by Crippen LogP contribution is -2.52. The van der Waals surface area contributed by atoms with Crippen molar-refractivity contribution < 1.29 is 23.6 Å². The first-order valence-electron chi connectivity index (χ1n) is 13.5. The highest BCUT2D eigenvalue weighted by atomic mass is 19.1. The summed E-state index contributed by atoms with van der Waals surface area (Å²) in [5, 5.41) is 29.6. The molecule has 1 aliphatic rings. The average Bonchev–Trinajstić information content (AvgIpc) is 3.49. The number of hydrogen-bond donors (Lipinski definition) is 2. The van der Waals surface area contributed by atoms with Crippen molar-refractivity contribution in [2.24, 2.45) is 0 Å². The van der Waals surface area contributed by atoms with Crippen molar-refractivity contribution in [3.05, 3.63) is 118 Å². The van der Waals surface area contributed by atoms with E-state index in [0.717, 1.165) is 17.8 Å². The molecule has 0 aliphatic carbocycles. The van der Waals surface area contributed by atoms with Gasteiger partial charge in [0.05, 0.1) is 17.0 Å². The molecule has 1 aromatic heterocycles. The largest absolute Gasteiger partial charge is 0.382 e. The van der Waals surface area contributed by atoms with Gasteiger partial charge in [-0.2, -0.15) is 5.10 Å². The fraction of sp³-hybridized carbons (Fsp3) is 0.233. The number of hydrogen-bond acceptors (Lipinski definition) is 8. The maximum atomic E-state index is 14.8. The van der Waals surface area contributed by atoms with Crippen LogP contribution >= 0.6 is 0 Å². The van der Waals surface area contributed by atoms with Gasteiger partial charge < -0.3 is 15.3 Å². The van der Waals surface area contributed by atoms with Crippen LogP contribution in [0.1, 0.15) is 11.1 Å². The first-order valence-corrected chi connectivity index (χ1v) is 13.5. The maximum absolute atomic E-state index is 14.8. The van der Waals surface area contributed by atoms with E-state index in [4.69, 9.17) is 0 Å². The van der Waals surface area contributed by atoms with Crippen LogP contribution in [0.3, 0.4) is 0 Å². The second kappa shape index (κ2) is 12.9. The van der Waals surface area contributed by atoms with Gasteiger partial charge in [-0.25, -0.2) is 18.4 Å². The molecule has 222 valence electrons. The fourth-order valence-electron chi connectivity index (χ4n) is 5.10. The number of β-amino-alcohol motifs (C(OH)–C–C–N with tert-alkyl or cyclic N) is 1. The van der Waals surface area contributed by atoms with E-state index in [1.807, 2.05) is 17.0 Å². The number of aliphatic hydroxyl groups is 1. The highest BCUT2D eigenvalue weighted by Gasteiger charge is 2.36. The third-order valence-corrected chi connectivity index (χ3v) is 7.23. The van der Waals surface area contributed by atoms with Crippen LogP contribution in [0.15, 0.2) is 85.5 Å². The third kappa shape index (κ3) is 7.26. The molecule has 0 saturated carbocycles. The Morgan fingerprint density at radius 1 is 1.05 bits per heavy atom. The minimum atomic E-state index is -1.67. The molecule has 5 rings (SSSR count). The van der Waals surface area contributed by atoms with Crippen LogP contribution in [-0.2, 0) is 16.9 Å². The summed E-state index contributed by atoms with van der Waals surface area (Å²) in [7, 11) is 0. The normalized spacial score (nSPS) is 15.4. The van der Waals surface area contributed by atoms with E-state index in [9.17, 15) is 28.8 Å². The van der Waals surface area contributed by atoms with Gasteiger partial charge in [-0.15, -0.1) is 0 Å². The number of carbonyl (C=O) groups excluding carboxylic acids is 1. The van der Waals surface area contributed by atoms with Crippen molar-refractivity contribution >= 4 is 29.0 Å². The molecule has 13 heteroatoms. The predicted octanol–water partition coefficient (Wildman–Crippen LogP) is 3.83. The van der Waals surface area contributed by atoms with Crippen LogP contribution in [0, 0.1) is 21.7 Å². The zero-order valence-electron chi connectivity index (χ0n) is 23.0. The molecule has 0 radical (unpaired) electrons. The number of nitro groups is 1. The van der Waals surface area contributed by atoms with Crippen LogP contribution in [0.2, 0.25) is 0 Å². The molecule has 1 aliphatic heterocycles. The monoisotopic (exact) mass is 589 g/mol. The lowest BCUT2D eigenvalue weighted by molar-refractivity contribution is -0.385. The van der Waals surface area contributed by atoms with Gasteiger partial charge in [0.25, 0.3) is 5.69 Å². The molecular weight excluding hydrogens is 560 g/mol. The van der Waals surface area contributed by atoms with Gasteiger partial charge in [0.1, 0.15) is 29.9 Å². The molecule has 1 fully saturated rings. The summed E-state index contributed by atoms with van der Waals surface area (Å²) < 4.78 is 29.8. The Labute approximate surface area is 245 Å². The summed E-state index contributed by atoms with van der Waals surface area (Å²) in [5.74, 6) is -1.97. The zero-order valence-corrected chi connectivity index (χ0v) is 23.0. The summed E-state index contributed by atoms with van der Waals surface area (Å²) in [6, 6.07) is 16.6. The van der Waals surface area contributed by atoms with Gasteiger partial charge in [-0.1, -0.05) is 18.2 Å². The van der Waals surface area contributed by atoms with Gasteiger partial charge >= 0.3 is 0 Å². The van der Waals surface area contributed by atoms with E-state index >= 15 is 0 Å². The topological polar surface area (TPSA) is 130 Å². The minimum Gasteiger partial charge on any atom is -0.382 e. The number of nitro benzene ring substituents is 1. The Bertz CT molecular complexity index is 1610. The number of amides is 1. The lowest BCUT2D eigenvalue weighted by atomic mass is 9.92. The number of rotatable bonds is 10. The number of carbonyl (C=O) groups is 1. The quantitative estimate of drug-likeness (QED) is 0.162. The maximum Gasteiger partial charge on any atom is 0.276 e. The third-order valence-electron chi connectivity index (χ3n) is 7.23. The zero-order chi connectivity index (χ0) is 30.4. The summed E-state index contributed by atoms with van der Waals surface area (Å²) in [6.07, 6.45) is 5.41. The number of para-hydroxylation sites is 1. The number of halogens is 2. The molecule has 1 atom stereocenters. The fourth-order valence-corrected chi connectivity index (χ4v) is 5.10. The minimum absolute atomic E-state index is 0.0127. The SMILES string of the molecule is O=C(/C=C/c1ccccc1[N+](=O)[O-])Nc1ccc(N2CCN(CC(O)(Cn3cncn3)c3ccc(F)cc3F)CC2)cc1. The molecule has 1 amide bonds. The van der Waals surface area contributed by atoms with E-state index in [2.05, 4.69) is 20.3 Å². The van der Waals surface area contributed by atoms with Gasteiger partial charge in [0.15, 0.2) is 0 Å². The second-order valence-electron chi connectivity index (χ2n) is 10.2. The number of piperazine rings is 1. The summed E-state index contributed by atoms with van der Waals surface area (Å²) in [4.78, 5) is 31.1. The summed E-state index contributed by atoms with van der Waals surface area (Å²) >= 11 is 0. The molecular formula is C30H29F2N7O4. The summed E-state index contributed by atoms with van der Waals surface area (Å²) in [5.41, 5.74) is 0.0687. The van der Waals surface area contributed by atoms with E-state index in [0.29, 0.717) is 37.4 Å². The Morgan fingerprint density at radius 3 is 2.47 bits per heavy atom. The molecule has 2 heterocycles. The average molecular weight is 590 g/mol. The molecule has 1 unspecified atom stereocenters. The van der Waals surface area contributed by atoms with Crippen LogP contribution in [0.25, 0.3) is 6.08 Å². The van der Waals surface area contributed by atoms with E-state index in [-0.39, 0.29) is 24.3 Å². The van der Waals surface area contributed by atoms with Crippen molar-refractivity contribution in [3.63, 3.8) is 0 Å². The smallest absolute Gasteiger partial charge is 0.276 e. The first kappa shape index (κ1) is 29.5. The molecule has 3 aromatic carbocycles. The Kier molecular flexibility index (Phi) is 8.83. The Morgan fingerprint density at radius 2 is 1.79 bits per heavy atom. The Balaban J connectivity index is 1.18. The number of nitrogens with zero attached hydrogens (tertiary/aromatic N) is 6. The van der Waals surface area contributed by atoms with Gasteiger partial charge in [-0.05, 0) is 42.5 Å². The van der Waals surface area contributed by atoms with Crippen molar-refractivity contribution in [1.82, 2.24) is 19.7 Å². The number of aromatic nitrogens is 3. The Hall–Kier alpha value is -5.01.